The largest absolute Gasteiger partial charge is 0.478 e. The van der Waals surface area contributed by atoms with Crippen LogP contribution >= 0.6 is 11.6 Å². The Labute approximate surface area is 124 Å². The summed E-state index contributed by atoms with van der Waals surface area (Å²) in [4.78, 5) is 13.2. The van der Waals surface area contributed by atoms with E-state index in [-0.39, 0.29) is 5.56 Å². The number of carbonyl (C=O) groups is 1. The molecule has 0 radical (unpaired) electrons. The summed E-state index contributed by atoms with van der Waals surface area (Å²) >= 11 is 6.27. The third kappa shape index (κ3) is 3.44. The number of hydrogen-bond acceptors (Lipinski definition) is 3. The predicted molar refractivity (Wildman–Crippen MR) is 79.8 cm³/mol. The molecular formula is C15H20ClNO3. The first kappa shape index (κ1) is 15.1. The SMILES string of the molecule is COCCN(c1ccc(C(=O)O)cc1Cl)C(C)C1CC1. The Balaban J connectivity index is 2.25. The van der Waals surface area contributed by atoms with Gasteiger partial charge in [0, 0.05) is 19.7 Å². The highest BCUT2D eigenvalue weighted by Gasteiger charge is 2.32. The first-order chi connectivity index (χ1) is 9.54. The van der Waals surface area contributed by atoms with Gasteiger partial charge in [0.05, 0.1) is 22.9 Å². The summed E-state index contributed by atoms with van der Waals surface area (Å²) < 4.78 is 5.17. The maximum atomic E-state index is 11.0. The lowest BCUT2D eigenvalue weighted by Crippen LogP contribution is -2.37. The fraction of sp³-hybridized carbons (Fsp3) is 0.533. The van der Waals surface area contributed by atoms with Gasteiger partial charge in [-0.3, -0.25) is 0 Å². The molecule has 0 spiro atoms. The van der Waals surface area contributed by atoms with Crippen molar-refractivity contribution in [2.45, 2.75) is 25.8 Å². The first-order valence-corrected chi connectivity index (χ1v) is 7.20. The number of hydrogen-bond donors (Lipinski definition) is 1. The minimum absolute atomic E-state index is 0.213. The number of anilines is 1. The van der Waals surface area contributed by atoms with E-state index in [1.165, 1.54) is 18.9 Å². The van der Waals surface area contributed by atoms with Crippen LogP contribution in [0.5, 0.6) is 0 Å². The molecule has 1 aliphatic carbocycles. The molecule has 1 atom stereocenters. The van der Waals surface area contributed by atoms with Crippen LogP contribution in [-0.2, 0) is 4.74 Å². The molecule has 0 bridgehead atoms. The van der Waals surface area contributed by atoms with Crippen molar-refractivity contribution in [3.8, 4) is 0 Å². The Hall–Kier alpha value is -1.26. The van der Waals surface area contributed by atoms with E-state index in [4.69, 9.17) is 21.4 Å². The third-order valence-corrected chi connectivity index (χ3v) is 4.14. The Morgan fingerprint density at radius 2 is 2.25 bits per heavy atom. The summed E-state index contributed by atoms with van der Waals surface area (Å²) in [5.74, 6) is -0.265. The number of nitrogens with zero attached hydrogens (tertiary/aromatic N) is 1. The van der Waals surface area contributed by atoms with Crippen molar-refractivity contribution in [1.29, 1.82) is 0 Å². The molecule has 0 heterocycles. The van der Waals surface area contributed by atoms with Crippen molar-refractivity contribution in [3.05, 3.63) is 28.8 Å². The molecule has 1 unspecified atom stereocenters. The number of carboxylic acid groups (broad SMARTS) is 1. The lowest BCUT2D eigenvalue weighted by atomic mass is 10.1. The molecule has 1 aromatic rings. The number of rotatable bonds is 7. The van der Waals surface area contributed by atoms with E-state index < -0.39 is 5.97 Å². The second-order valence-electron chi connectivity index (χ2n) is 5.24. The molecule has 5 heteroatoms. The van der Waals surface area contributed by atoms with Crippen molar-refractivity contribution in [1.82, 2.24) is 0 Å². The summed E-state index contributed by atoms with van der Waals surface area (Å²) in [7, 11) is 1.68. The molecule has 0 aliphatic heterocycles. The molecule has 2 rings (SSSR count). The van der Waals surface area contributed by atoms with Gasteiger partial charge in [0.15, 0.2) is 0 Å². The summed E-state index contributed by atoms with van der Waals surface area (Å²) in [6.07, 6.45) is 2.49. The summed E-state index contributed by atoms with van der Waals surface area (Å²) in [6, 6.07) is 5.29. The van der Waals surface area contributed by atoms with Gasteiger partial charge in [0.25, 0.3) is 0 Å². The van der Waals surface area contributed by atoms with E-state index in [0.29, 0.717) is 23.6 Å². The van der Waals surface area contributed by atoms with Crippen LogP contribution < -0.4 is 4.90 Å². The quantitative estimate of drug-likeness (QED) is 0.839. The number of aromatic carboxylic acids is 1. The lowest BCUT2D eigenvalue weighted by Gasteiger charge is -2.32. The van der Waals surface area contributed by atoms with Crippen molar-refractivity contribution < 1.29 is 14.6 Å². The molecule has 0 amide bonds. The second kappa shape index (κ2) is 6.46. The average Bonchev–Trinajstić information content (AvgIpc) is 3.24. The molecule has 1 aliphatic rings. The van der Waals surface area contributed by atoms with Crippen molar-refractivity contribution in [3.63, 3.8) is 0 Å². The van der Waals surface area contributed by atoms with Gasteiger partial charge in [-0.2, -0.15) is 0 Å². The van der Waals surface area contributed by atoms with Crippen molar-refractivity contribution in [2.24, 2.45) is 5.92 Å². The van der Waals surface area contributed by atoms with Crippen LogP contribution in [0.3, 0.4) is 0 Å². The molecule has 20 heavy (non-hydrogen) atoms. The van der Waals surface area contributed by atoms with Gasteiger partial charge in [-0.15, -0.1) is 0 Å². The van der Waals surface area contributed by atoms with Gasteiger partial charge >= 0.3 is 5.97 Å². The highest BCUT2D eigenvalue weighted by atomic mass is 35.5. The van der Waals surface area contributed by atoms with E-state index in [2.05, 4.69) is 11.8 Å². The van der Waals surface area contributed by atoms with E-state index in [0.717, 1.165) is 12.2 Å². The number of carboxylic acids is 1. The van der Waals surface area contributed by atoms with Gasteiger partial charge in [-0.1, -0.05) is 11.6 Å². The maximum Gasteiger partial charge on any atom is 0.335 e. The molecule has 1 N–H and O–H groups in total. The molecule has 0 aromatic heterocycles. The van der Waals surface area contributed by atoms with E-state index >= 15 is 0 Å². The molecule has 1 saturated carbocycles. The van der Waals surface area contributed by atoms with Crippen LogP contribution in [0.25, 0.3) is 0 Å². The van der Waals surface area contributed by atoms with Gasteiger partial charge in [0.2, 0.25) is 0 Å². The van der Waals surface area contributed by atoms with Crippen molar-refractivity contribution in [2.75, 3.05) is 25.2 Å². The minimum Gasteiger partial charge on any atom is -0.478 e. The number of ether oxygens (including phenoxy) is 1. The van der Waals surface area contributed by atoms with E-state index in [1.54, 1.807) is 19.2 Å². The van der Waals surface area contributed by atoms with Gasteiger partial charge in [-0.25, -0.2) is 4.79 Å². The zero-order chi connectivity index (χ0) is 14.7. The van der Waals surface area contributed by atoms with Crippen LogP contribution in [0.1, 0.15) is 30.1 Å². The summed E-state index contributed by atoms with van der Waals surface area (Å²) in [6.45, 7) is 3.56. The molecule has 110 valence electrons. The molecular weight excluding hydrogens is 278 g/mol. The smallest absolute Gasteiger partial charge is 0.335 e. The minimum atomic E-state index is -0.961. The highest BCUT2D eigenvalue weighted by molar-refractivity contribution is 6.33. The standard InChI is InChI=1S/C15H20ClNO3/c1-10(11-3-4-11)17(7-8-20-2)14-6-5-12(15(18)19)9-13(14)16/h5-6,9-11H,3-4,7-8H2,1-2H3,(H,18,19). The van der Waals surface area contributed by atoms with Crippen molar-refractivity contribution >= 4 is 23.3 Å². The van der Waals surface area contributed by atoms with Crippen LogP contribution in [0.4, 0.5) is 5.69 Å². The normalized spacial score (nSPS) is 15.9. The van der Waals surface area contributed by atoms with Crippen LogP contribution in [0, 0.1) is 5.92 Å². The Morgan fingerprint density at radius 3 is 2.75 bits per heavy atom. The summed E-state index contributed by atoms with van der Waals surface area (Å²) in [5.41, 5.74) is 1.10. The Morgan fingerprint density at radius 1 is 1.55 bits per heavy atom. The molecule has 0 saturated heterocycles. The fourth-order valence-electron chi connectivity index (χ4n) is 2.44. The fourth-order valence-corrected chi connectivity index (χ4v) is 2.73. The maximum absolute atomic E-state index is 11.0. The zero-order valence-electron chi connectivity index (χ0n) is 11.8. The number of halogens is 1. The first-order valence-electron chi connectivity index (χ1n) is 6.83. The van der Waals surface area contributed by atoms with E-state index in [1.807, 2.05) is 0 Å². The Bertz CT molecular complexity index is 488. The average molecular weight is 298 g/mol. The second-order valence-corrected chi connectivity index (χ2v) is 5.64. The van der Waals surface area contributed by atoms with Gasteiger partial charge in [0.1, 0.15) is 0 Å². The van der Waals surface area contributed by atoms with E-state index in [9.17, 15) is 4.79 Å². The number of methoxy groups -OCH3 is 1. The monoisotopic (exact) mass is 297 g/mol. The third-order valence-electron chi connectivity index (χ3n) is 3.84. The number of benzene rings is 1. The predicted octanol–water partition coefficient (Wildman–Crippen LogP) is 3.29. The Kier molecular flexibility index (Phi) is 4.89. The molecule has 4 nitrogen and oxygen atoms in total. The zero-order valence-corrected chi connectivity index (χ0v) is 12.6. The highest BCUT2D eigenvalue weighted by Crippen LogP contribution is 2.38. The van der Waals surface area contributed by atoms with Gasteiger partial charge < -0.3 is 14.7 Å². The molecule has 1 fully saturated rings. The van der Waals surface area contributed by atoms with Crippen LogP contribution in [-0.4, -0.2) is 37.4 Å². The molecule has 1 aromatic carbocycles. The van der Waals surface area contributed by atoms with Crippen LogP contribution in [0.15, 0.2) is 18.2 Å². The summed E-state index contributed by atoms with van der Waals surface area (Å²) in [5, 5.41) is 9.48. The van der Waals surface area contributed by atoms with Crippen LogP contribution in [0.2, 0.25) is 5.02 Å². The topological polar surface area (TPSA) is 49.8 Å². The van der Waals surface area contributed by atoms with Gasteiger partial charge in [-0.05, 0) is 43.9 Å². The lowest BCUT2D eigenvalue weighted by molar-refractivity contribution is 0.0697.